The van der Waals surface area contributed by atoms with Crippen LogP contribution in [0.4, 0.5) is 15.8 Å². The lowest BCUT2D eigenvalue weighted by atomic mass is 10.1. The lowest BCUT2D eigenvalue weighted by Gasteiger charge is -2.37. The molecule has 4 rings (SSSR count). The number of nitrogens with one attached hydrogen (secondary N) is 1. The maximum Gasteiger partial charge on any atom is 0.277 e. The number of benzene rings is 2. The summed E-state index contributed by atoms with van der Waals surface area (Å²) < 4.78 is 19.3. The summed E-state index contributed by atoms with van der Waals surface area (Å²) in [4.78, 5) is 28.6. The first-order chi connectivity index (χ1) is 16.4. The smallest absolute Gasteiger partial charge is 0.277 e. The second-order valence-electron chi connectivity index (χ2n) is 8.20. The number of halogens is 1. The van der Waals surface area contributed by atoms with Gasteiger partial charge in [-0.3, -0.25) is 9.59 Å². The largest absolute Gasteiger partial charge is 0.411 e. The first-order valence-corrected chi connectivity index (χ1v) is 12.0. The Morgan fingerprint density at radius 2 is 1.76 bits per heavy atom. The Bertz CT molecular complexity index is 1140. The van der Waals surface area contributed by atoms with Crippen LogP contribution in [0.2, 0.25) is 0 Å². The van der Waals surface area contributed by atoms with Gasteiger partial charge >= 0.3 is 0 Å². The molecule has 8 nitrogen and oxygen atoms in total. The predicted molar refractivity (Wildman–Crippen MR) is 129 cm³/mol. The van der Waals surface area contributed by atoms with E-state index in [2.05, 4.69) is 20.4 Å². The molecular formula is C24H26FN5O3S. The number of amides is 2. The minimum Gasteiger partial charge on any atom is -0.411 e. The monoisotopic (exact) mass is 483 g/mol. The maximum absolute atomic E-state index is 13.8. The van der Waals surface area contributed by atoms with Crippen molar-refractivity contribution < 1.29 is 18.4 Å². The van der Waals surface area contributed by atoms with Crippen LogP contribution in [0.1, 0.15) is 13.8 Å². The molecule has 0 unspecified atom stereocenters. The number of hydrogen-bond acceptors (Lipinski definition) is 7. The summed E-state index contributed by atoms with van der Waals surface area (Å²) >= 11 is 1.08. The van der Waals surface area contributed by atoms with E-state index < -0.39 is 5.82 Å². The van der Waals surface area contributed by atoms with E-state index in [1.807, 2.05) is 43.0 Å². The first kappa shape index (κ1) is 23.7. The second kappa shape index (κ2) is 10.7. The van der Waals surface area contributed by atoms with Crippen LogP contribution >= 0.6 is 11.8 Å². The number of nitrogens with zero attached hydrogens (tertiary/aromatic N) is 4. The molecule has 0 atom stereocenters. The van der Waals surface area contributed by atoms with Gasteiger partial charge in [0.25, 0.3) is 11.1 Å². The van der Waals surface area contributed by atoms with Crippen molar-refractivity contribution in [2.75, 3.05) is 42.1 Å². The average molecular weight is 484 g/mol. The minimum atomic E-state index is -0.449. The summed E-state index contributed by atoms with van der Waals surface area (Å²) in [7, 11) is 0. The Morgan fingerprint density at radius 1 is 1.06 bits per heavy atom. The van der Waals surface area contributed by atoms with E-state index in [0.29, 0.717) is 18.8 Å². The number of rotatable bonds is 7. The second-order valence-corrected chi connectivity index (χ2v) is 9.13. The molecular weight excluding hydrogens is 457 g/mol. The number of carbonyl (C=O) groups excluding carboxylic acids is 2. The molecule has 0 radical (unpaired) electrons. The molecule has 0 spiro atoms. The number of thioether (sulfide) groups is 1. The van der Waals surface area contributed by atoms with Gasteiger partial charge < -0.3 is 19.5 Å². The van der Waals surface area contributed by atoms with Gasteiger partial charge in [-0.15, -0.1) is 10.2 Å². The number of aromatic nitrogens is 2. The highest BCUT2D eigenvalue weighted by Gasteiger charge is 2.23. The van der Waals surface area contributed by atoms with Crippen molar-refractivity contribution in [1.29, 1.82) is 0 Å². The topological polar surface area (TPSA) is 91.6 Å². The molecule has 1 aliphatic heterocycles. The van der Waals surface area contributed by atoms with E-state index in [-0.39, 0.29) is 40.2 Å². The van der Waals surface area contributed by atoms with Crippen molar-refractivity contribution in [1.82, 2.24) is 15.1 Å². The first-order valence-electron chi connectivity index (χ1n) is 11.1. The van der Waals surface area contributed by atoms with Crippen molar-refractivity contribution in [3.05, 3.63) is 54.3 Å². The van der Waals surface area contributed by atoms with Gasteiger partial charge in [-0.2, -0.15) is 0 Å². The van der Waals surface area contributed by atoms with Crippen molar-refractivity contribution in [2.45, 2.75) is 19.1 Å². The standard InChI is InChI=1S/C24H26FN5O3S/c1-16(2)23(32)30-13-11-29(12-14-30)18-9-7-17(8-10-18)26-21(31)15-34-24-28-27-22(33-24)19-5-3-4-6-20(19)25/h3-10,16H,11-15H2,1-2H3,(H,26,31). The normalized spacial score (nSPS) is 13.9. The van der Waals surface area contributed by atoms with E-state index >= 15 is 0 Å². The molecule has 0 aliphatic carbocycles. The molecule has 178 valence electrons. The Labute approximate surface area is 201 Å². The SMILES string of the molecule is CC(C)C(=O)N1CCN(c2ccc(NC(=O)CSc3nnc(-c4ccccc4F)o3)cc2)CC1. The number of anilines is 2. The average Bonchev–Trinajstić information content (AvgIpc) is 3.32. The molecule has 2 heterocycles. The van der Waals surface area contributed by atoms with Crippen molar-refractivity contribution in [2.24, 2.45) is 5.92 Å². The van der Waals surface area contributed by atoms with Crippen LogP contribution in [0.3, 0.4) is 0 Å². The molecule has 3 aromatic rings. The summed E-state index contributed by atoms with van der Waals surface area (Å²) in [5.74, 6) is -0.308. The van der Waals surface area contributed by atoms with Crippen LogP contribution in [0.5, 0.6) is 0 Å². The molecule has 1 saturated heterocycles. The highest BCUT2D eigenvalue weighted by Crippen LogP contribution is 2.25. The fourth-order valence-electron chi connectivity index (χ4n) is 3.64. The van der Waals surface area contributed by atoms with Crippen molar-refractivity contribution >= 4 is 35.0 Å². The lowest BCUT2D eigenvalue weighted by molar-refractivity contribution is -0.134. The minimum absolute atomic E-state index is 0.0151. The van der Waals surface area contributed by atoms with E-state index in [4.69, 9.17) is 4.42 Å². The zero-order valence-electron chi connectivity index (χ0n) is 19.0. The number of carbonyl (C=O) groups is 2. The Morgan fingerprint density at radius 3 is 2.44 bits per heavy atom. The van der Waals surface area contributed by atoms with E-state index in [1.165, 1.54) is 6.07 Å². The summed E-state index contributed by atoms with van der Waals surface area (Å²) in [6.07, 6.45) is 0. The van der Waals surface area contributed by atoms with Crippen molar-refractivity contribution in [3.8, 4) is 11.5 Å². The third-order valence-corrected chi connectivity index (χ3v) is 6.26. The molecule has 2 aromatic carbocycles. The van der Waals surface area contributed by atoms with Crippen LogP contribution in [0.25, 0.3) is 11.5 Å². The molecule has 1 N–H and O–H groups in total. The van der Waals surface area contributed by atoms with Gasteiger partial charge in [0.1, 0.15) is 5.82 Å². The lowest BCUT2D eigenvalue weighted by Crippen LogP contribution is -2.49. The van der Waals surface area contributed by atoms with Gasteiger partial charge in [-0.1, -0.05) is 37.7 Å². The van der Waals surface area contributed by atoms with E-state index in [9.17, 15) is 14.0 Å². The molecule has 1 aromatic heterocycles. The maximum atomic E-state index is 13.8. The van der Waals surface area contributed by atoms with Crippen LogP contribution in [0, 0.1) is 11.7 Å². The van der Waals surface area contributed by atoms with Crippen LogP contribution in [-0.2, 0) is 9.59 Å². The zero-order chi connectivity index (χ0) is 24.1. The van der Waals surface area contributed by atoms with Crippen LogP contribution in [0.15, 0.2) is 58.2 Å². The summed E-state index contributed by atoms with van der Waals surface area (Å²) in [6.45, 7) is 6.82. The van der Waals surface area contributed by atoms with Gasteiger partial charge in [-0.25, -0.2) is 4.39 Å². The summed E-state index contributed by atoms with van der Waals surface area (Å²) in [5, 5.41) is 10.8. The summed E-state index contributed by atoms with van der Waals surface area (Å²) in [6, 6.07) is 13.8. The third-order valence-electron chi connectivity index (χ3n) is 5.44. The molecule has 0 bridgehead atoms. The molecule has 34 heavy (non-hydrogen) atoms. The Balaban J connectivity index is 1.25. The fourth-order valence-corrected chi connectivity index (χ4v) is 4.20. The van der Waals surface area contributed by atoms with Crippen molar-refractivity contribution in [3.63, 3.8) is 0 Å². The zero-order valence-corrected chi connectivity index (χ0v) is 19.8. The fraction of sp³-hybridized carbons (Fsp3) is 0.333. The Hall–Kier alpha value is -3.40. The van der Waals surface area contributed by atoms with Gasteiger partial charge in [0.15, 0.2) is 0 Å². The van der Waals surface area contributed by atoms with Gasteiger partial charge in [-0.05, 0) is 36.4 Å². The molecule has 10 heteroatoms. The van der Waals surface area contributed by atoms with E-state index in [0.717, 1.165) is 30.5 Å². The van der Waals surface area contributed by atoms with Gasteiger partial charge in [0, 0.05) is 43.5 Å². The third kappa shape index (κ3) is 5.74. The quantitative estimate of drug-likeness (QED) is 0.510. The molecule has 0 saturated carbocycles. The molecule has 1 aliphatic rings. The van der Waals surface area contributed by atoms with Crippen LogP contribution < -0.4 is 10.2 Å². The molecule has 2 amide bonds. The van der Waals surface area contributed by atoms with Gasteiger partial charge in [0.05, 0.1) is 11.3 Å². The van der Waals surface area contributed by atoms with E-state index in [1.54, 1.807) is 18.2 Å². The van der Waals surface area contributed by atoms with Crippen LogP contribution in [-0.4, -0.2) is 58.8 Å². The number of piperazine rings is 1. The Kier molecular flexibility index (Phi) is 7.46. The van der Waals surface area contributed by atoms with Gasteiger partial charge in [0.2, 0.25) is 11.8 Å². The highest BCUT2D eigenvalue weighted by molar-refractivity contribution is 7.99. The summed E-state index contributed by atoms with van der Waals surface area (Å²) in [5.41, 5.74) is 1.95. The number of hydrogen-bond donors (Lipinski definition) is 1. The predicted octanol–water partition coefficient (Wildman–Crippen LogP) is 3.91. The highest BCUT2D eigenvalue weighted by atomic mass is 32.2. The molecule has 1 fully saturated rings.